The Morgan fingerprint density at radius 1 is 1.16 bits per heavy atom. The second kappa shape index (κ2) is 7.54. The fourth-order valence-corrected chi connectivity index (χ4v) is 5.54. The molecule has 130 valence electrons. The first kappa shape index (κ1) is 18.5. The van der Waals surface area contributed by atoms with E-state index < -0.39 is 10.0 Å². The molecule has 0 radical (unpaired) electrons. The van der Waals surface area contributed by atoms with Crippen LogP contribution in [0.2, 0.25) is 0 Å². The molecule has 0 spiro atoms. The van der Waals surface area contributed by atoms with E-state index in [4.69, 9.17) is 0 Å². The molecule has 0 atom stereocenters. The van der Waals surface area contributed by atoms with E-state index in [-0.39, 0.29) is 10.8 Å². The summed E-state index contributed by atoms with van der Waals surface area (Å²) < 4.78 is 28.5. The number of thiazole rings is 1. The van der Waals surface area contributed by atoms with Crippen LogP contribution in [0.3, 0.4) is 0 Å². The Morgan fingerprint density at radius 2 is 1.88 bits per heavy atom. The zero-order chi connectivity index (χ0) is 18.0. The van der Waals surface area contributed by atoms with Gasteiger partial charge in [0.25, 0.3) is 15.9 Å². The Labute approximate surface area is 168 Å². The van der Waals surface area contributed by atoms with Crippen molar-refractivity contribution in [2.75, 3.05) is 10.0 Å². The number of carbonyl (C=O) groups excluding carboxylic acids is 1. The molecule has 0 saturated carbocycles. The van der Waals surface area contributed by atoms with E-state index in [2.05, 4.69) is 46.9 Å². The van der Waals surface area contributed by atoms with Crippen LogP contribution >= 0.6 is 54.5 Å². The Hall–Kier alpha value is -1.27. The Bertz CT molecular complexity index is 980. The number of benzene rings is 1. The molecular formula is C14H9Br2N3O3S3. The number of rotatable bonds is 5. The summed E-state index contributed by atoms with van der Waals surface area (Å²) >= 11 is 9.16. The molecule has 11 heteroatoms. The lowest BCUT2D eigenvalue weighted by Gasteiger charge is -2.07. The standard InChI is InChI=1S/C14H9Br2N3O3S3/c15-10-7-11(24-12(10)16)13(20)18-8-1-3-9(4-2-8)25(21,22)19-14-17-5-6-23-14/h1-7H,(H,17,19)(H,18,20). The van der Waals surface area contributed by atoms with E-state index in [9.17, 15) is 13.2 Å². The van der Waals surface area contributed by atoms with E-state index in [0.29, 0.717) is 15.7 Å². The average molecular weight is 523 g/mol. The third-order valence-corrected chi connectivity index (χ3v) is 8.37. The van der Waals surface area contributed by atoms with E-state index in [0.717, 1.165) is 8.26 Å². The number of hydrogen-bond acceptors (Lipinski definition) is 6. The number of carbonyl (C=O) groups is 1. The zero-order valence-corrected chi connectivity index (χ0v) is 17.8. The first-order valence-electron chi connectivity index (χ1n) is 6.64. The second-order valence-corrected chi connectivity index (χ2v) is 10.5. The molecule has 6 nitrogen and oxygen atoms in total. The van der Waals surface area contributed by atoms with Crippen LogP contribution in [0.25, 0.3) is 0 Å². The molecule has 25 heavy (non-hydrogen) atoms. The molecule has 0 aliphatic rings. The molecule has 3 aromatic rings. The molecule has 2 aromatic heterocycles. The van der Waals surface area contributed by atoms with Gasteiger partial charge in [0.2, 0.25) is 0 Å². The van der Waals surface area contributed by atoms with Crippen LogP contribution in [0.15, 0.2) is 55.1 Å². The number of halogens is 2. The average Bonchev–Trinajstić information content (AvgIpc) is 3.18. The molecule has 1 amide bonds. The van der Waals surface area contributed by atoms with Gasteiger partial charge in [-0.15, -0.1) is 22.7 Å². The van der Waals surface area contributed by atoms with Crippen LogP contribution < -0.4 is 10.0 Å². The van der Waals surface area contributed by atoms with Crippen LogP contribution in [-0.4, -0.2) is 19.3 Å². The van der Waals surface area contributed by atoms with Gasteiger partial charge in [-0.3, -0.25) is 9.52 Å². The van der Waals surface area contributed by atoms with Crippen molar-refractivity contribution in [1.82, 2.24) is 4.98 Å². The number of amides is 1. The van der Waals surface area contributed by atoms with Gasteiger partial charge in [0.1, 0.15) is 0 Å². The second-order valence-electron chi connectivity index (χ2n) is 4.65. The van der Waals surface area contributed by atoms with Gasteiger partial charge in [0.15, 0.2) is 5.13 Å². The molecule has 0 bridgehead atoms. The lowest BCUT2D eigenvalue weighted by atomic mass is 10.3. The zero-order valence-electron chi connectivity index (χ0n) is 12.2. The smallest absolute Gasteiger partial charge is 0.265 e. The molecular weight excluding hydrogens is 514 g/mol. The Morgan fingerprint density at radius 3 is 2.44 bits per heavy atom. The minimum absolute atomic E-state index is 0.0855. The van der Waals surface area contributed by atoms with E-state index in [1.54, 1.807) is 11.4 Å². The SMILES string of the molecule is O=C(Nc1ccc(S(=O)(=O)Nc2nccs2)cc1)c1cc(Br)c(Br)s1. The monoisotopic (exact) mass is 521 g/mol. The first-order valence-corrected chi connectivity index (χ1v) is 11.4. The largest absolute Gasteiger partial charge is 0.321 e. The number of nitrogens with zero attached hydrogens (tertiary/aromatic N) is 1. The highest BCUT2D eigenvalue weighted by molar-refractivity contribution is 9.13. The van der Waals surface area contributed by atoms with Gasteiger partial charge in [-0.2, -0.15) is 0 Å². The summed E-state index contributed by atoms with van der Waals surface area (Å²) in [4.78, 5) is 16.7. The summed E-state index contributed by atoms with van der Waals surface area (Å²) in [6, 6.07) is 7.62. The van der Waals surface area contributed by atoms with Crippen LogP contribution in [0, 0.1) is 0 Å². The Balaban J connectivity index is 1.72. The quantitative estimate of drug-likeness (QED) is 0.504. The lowest BCUT2D eigenvalue weighted by molar-refractivity contribution is 0.103. The highest BCUT2D eigenvalue weighted by Crippen LogP contribution is 2.32. The van der Waals surface area contributed by atoms with Crippen molar-refractivity contribution >= 4 is 81.3 Å². The van der Waals surface area contributed by atoms with Gasteiger partial charge in [-0.1, -0.05) is 0 Å². The van der Waals surface area contributed by atoms with Crippen molar-refractivity contribution in [2.24, 2.45) is 0 Å². The van der Waals surface area contributed by atoms with Crippen molar-refractivity contribution in [3.8, 4) is 0 Å². The number of hydrogen-bond donors (Lipinski definition) is 2. The molecule has 0 fully saturated rings. The third kappa shape index (κ3) is 4.47. The molecule has 1 aromatic carbocycles. The summed E-state index contributed by atoms with van der Waals surface area (Å²) in [5.74, 6) is -0.270. The van der Waals surface area contributed by atoms with Crippen LogP contribution in [0.4, 0.5) is 10.8 Å². The number of thiophene rings is 1. The van der Waals surface area contributed by atoms with E-state index in [1.165, 1.54) is 53.1 Å². The topological polar surface area (TPSA) is 88.2 Å². The summed E-state index contributed by atoms with van der Waals surface area (Å²) in [6.07, 6.45) is 1.52. The summed E-state index contributed by atoms with van der Waals surface area (Å²) in [5.41, 5.74) is 0.499. The van der Waals surface area contributed by atoms with Crippen molar-refractivity contribution in [2.45, 2.75) is 4.90 Å². The van der Waals surface area contributed by atoms with Gasteiger partial charge in [0, 0.05) is 21.7 Å². The highest BCUT2D eigenvalue weighted by atomic mass is 79.9. The van der Waals surface area contributed by atoms with Gasteiger partial charge in [-0.25, -0.2) is 13.4 Å². The summed E-state index contributed by atoms with van der Waals surface area (Å²) in [6.45, 7) is 0. The number of nitrogens with one attached hydrogen (secondary N) is 2. The van der Waals surface area contributed by atoms with Crippen molar-refractivity contribution in [1.29, 1.82) is 0 Å². The van der Waals surface area contributed by atoms with E-state index >= 15 is 0 Å². The van der Waals surface area contributed by atoms with Gasteiger partial charge < -0.3 is 5.32 Å². The number of anilines is 2. The molecule has 0 saturated heterocycles. The Kier molecular flexibility index (Phi) is 5.58. The lowest BCUT2D eigenvalue weighted by Crippen LogP contribution is -2.13. The highest BCUT2D eigenvalue weighted by Gasteiger charge is 2.16. The maximum atomic E-state index is 12.3. The van der Waals surface area contributed by atoms with Crippen molar-refractivity contribution < 1.29 is 13.2 Å². The maximum absolute atomic E-state index is 12.3. The molecule has 3 rings (SSSR count). The van der Waals surface area contributed by atoms with E-state index in [1.807, 2.05) is 0 Å². The first-order chi connectivity index (χ1) is 11.8. The maximum Gasteiger partial charge on any atom is 0.265 e. The molecule has 0 unspecified atom stereocenters. The van der Waals surface area contributed by atoms with Crippen molar-refractivity contribution in [3.05, 3.63) is 55.0 Å². The normalized spacial score (nSPS) is 11.3. The minimum Gasteiger partial charge on any atom is -0.321 e. The summed E-state index contributed by atoms with van der Waals surface area (Å²) in [7, 11) is -3.71. The van der Waals surface area contributed by atoms with Gasteiger partial charge in [0.05, 0.1) is 13.6 Å². The van der Waals surface area contributed by atoms with Crippen LogP contribution in [0.5, 0.6) is 0 Å². The third-order valence-electron chi connectivity index (χ3n) is 2.95. The van der Waals surface area contributed by atoms with Gasteiger partial charge >= 0.3 is 0 Å². The van der Waals surface area contributed by atoms with Crippen LogP contribution in [-0.2, 0) is 10.0 Å². The van der Waals surface area contributed by atoms with Crippen LogP contribution in [0.1, 0.15) is 9.67 Å². The summed E-state index contributed by atoms with van der Waals surface area (Å²) in [5, 5.41) is 4.70. The predicted octanol–water partition coefficient (Wildman–Crippen LogP) is 4.78. The fraction of sp³-hybridized carbons (Fsp3) is 0. The number of sulfonamides is 1. The predicted molar refractivity (Wildman–Crippen MR) is 107 cm³/mol. The minimum atomic E-state index is -3.71. The molecule has 0 aliphatic carbocycles. The van der Waals surface area contributed by atoms with Crippen molar-refractivity contribution in [3.63, 3.8) is 0 Å². The van der Waals surface area contributed by atoms with Gasteiger partial charge in [-0.05, 0) is 62.2 Å². The fourth-order valence-electron chi connectivity index (χ4n) is 1.82. The molecule has 0 aliphatic heterocycles. The molecule has 2 heterocycles. The molecule has 2 N–H and O–H groups in total. The number of aromatic nitrogens is 1.